The van der Waals surface area contributed by atoms with Crippen molar-refractivity contribution in [1.82, 2.24) is 10.2 Å². The maximum Gasteiger partial charge on any atom is 0.390 e. The molecule has 0 aliphatic carbocycles. The van der Waals surface area contributed by atoms with Crippen molar-refractivity contribution in [2.24, 2.45) is 0 Å². The van der Waals surface area contributed by atoms with Gasteiger partial charge in [-0.2, -0.15) is 13.2 Å². The fourth-order valence-electron chi connectivity index (χ4n) is 2.42. The summed E-state index contributed by atoms with van der Waals surface area (Å²) in [7, 11) is 0. The van der Waals surface area contributed by atoms with Gasteiger partial charge in [0.2, 0.25) is 0 Å². The van der Waals surface area contributed by atoms with Crippen LogP contribution in [0, 0.1) is 0 Å². The molecule has 2 rings (SSSR count). The molecule has 1 aromatic rings. The van der Waals surface area contributed by atoms with Crippen LogP contribution in [-0.2, 0) is 6.42 Å². The molecule has 1 atom stereocenters. The molecule has 106 valence electrons. The Hall–Kier alpha value is -1.07. The van der Waals surface area contributed by atoms with E-state index in [0.29, 0.717) is 13.1 Å². The number of halogens is 3. The minimum absolute atomic E-state index is 0.108. The van der Waals surface area contributed by atoms with E-state index in [0.717, 1.165) is 13.0 Å². The van der Waals surface area contributed by atoms with Gasteiger partial charge in [0, 0.05) is 32.2 Å². The Morgan fingerprint density at radius 2 is 1.95 bits per heavy atom. The van der Waals surface area contributed by atoms with Crippen molar-refractivity contribution in [3.8, 4) is 0 Å². The van der Waals surface area contributed by atoms with Crippen LogP contribution >= 0.6 is 0 Å². The second kappa shape index (κ2) is 6.39. The van der Waals surface area contributed by atoms with Gasteiger partial charge in [-0.3, -0.25) is 0 Å². The lowest BCUT2D eigenvalue weighted by atomic mass is 10.0. The minimum atomic E-state index is -4.06. The predicted octanol–water partition coefficient (Wildman–Crippen LogP) is 2.46. The smallest absolute Gasteiger partial charge is 0.311 e. The van der Waals surface area contributed by atoms with Crippen LogP contribution < -0.4 is 5.32 Å². The molecule has 0 spiro atoms. The lowest BCUT2D eigenvalue weighted by molar-refractivity contribution is -0.138. The first-order valence-electron chi connectivity index (χ1n) is 6.59. The molecule has 5 heteroatoms. The van der Waals surface area contributed by atoms with E-state index in [-0.39, 0.29) is 12.6 Å². The number of benzene rings is 1. The highest BCUT2D eigenvalue weighted by atomic mass is 19.4. The first-order chi connectivity index (χ1) is 9.03. The van der Waals surface area contributed by atoms with Gasteiger partial charge in [0.15, 0.2) is 0 Å². The number of nitrogens with zero attached hydrogens (tertiary/aromatic N) is 1. The van der Waals surface area contributed by atoms with Crippen molar-refractivity contribution in [2.45, 2.75) is 25.1 Å². The Morgan fingerprint density at radius 1 is 1.21 bits per heavy atom. The van der Waals surface area contributed by atoms with Crippen molar-refractivity contribution in [2.75, 3.05) is 26.2 Å². The van der Waals surface area contributed by atoms with E-state index in [1.54, 1.807) is 0 Å². The molecular formula is C14H19F3N2. The summed E-state index contributed by atoms with van der Waals surface area (Å²) in [5, 5.41) is 3.37. The number of piperazine rings is 1. The summed E-state index contributed by atoms with van der Waals surface area (Å²) in [6, 6.07) is 10.3. The van der Waals surface area contributed by atoms with E-state index < -0.39 is 12.6 Å². The maximum absolute atomic E-state index is 12.2. The van der Waals surface area contributed by atoms with E-state index in [9.17, 15) is 13.2 Å². The quantitative estimate of drug-likeness (QED) is 0.905. The molecule has 0 amide bonds. The number of hydrogen-bond donors (Lipinski definition) is 1. The Bertz CT molecular complexity index is 378. The van der Waals surface area contributed by atoms with Gasteiger partial charge >= 0.3 is 6.18 Å². The van der Waals surface area contributed by atoms with Gasteiger partial charge in [-0.05, 0) is 12.0 Å². The van der Waals surface area contributed by atoms with Crippen LogP contribution in [0.25, 0.3) is 0 Å². The molecule has 1 fully saturated rings. The summed E-state index contributed by atoms with van der Waals surface area (Å²) in [5.74, 6) is 0. The van der Waals surface area contributed by atoms with Crippen LogP contribution in [0.3, 0.4) is 0 Å². The van der Waals surface area contributed by atoms with Gasteiger partial charge in [-0.25, -0.2) is 0 Å². The molecular weight excluding hydrogens is 253 g/mol. The van der Waals surface area contributed by atoms with Crippen molar-refractivity contribution < 1.29 is 13.2 Å². The Balaban J connectivity index is 1.80. The molecule has 1 aromatic carbocycles. The minimum Gasteiger partial charge on any atom is -0.311 e. The number of rotatable bonds is 4. The summed E-state index contributed by atoms with van der Waals surface area (Å²) in [6.45, 7) is 2.25. The molecule has 1 heterocycles. The summed E-state index contributed by atoms with van der Waals surface area (Å²) < 4.78 is 36.6. The zero-order valence-corrected chi connectivity index (χ0v) is 10.8. The second-order valence-corrected chi connectivity index (χ2v) is 5.01. The third-order valence-corrected chi connectivity index (χ3v) is 3.38. The van der Waals surface area contributed by atoms with E-state index >= 15 is 0 Å². The van der Waals surface area contributed by atoms with Crippen molar-refractivity contribution >= 4 is 0 Å². The zero-order valence-electron chi connectivity index (χ0n) is 10.8. The van der Waals surface area contributed by atoms with Crippen molar-refractivity contribution in [1.29, 1.82) is 0 Å². The molecule has 2 nitrogen and oxygen atoms in total. The fraction of sp³-hybridized carbons (Fsp3) is 0.571. The summed E-state index contributed by atoms with van der Waals surface area (Å²) in [5.41, 5.74) is 1.22. The molecule has 1 N–H and O–H groups in total. The average molecular weight is 272 g/mol. The van der Waals surface area contributed by atoms with Gasteiger partial charge in [-0.15, -0.1) is 0 Å². The Morgan fingerprint density at radius 3 is 2.63 bits per heavy atom. The fourth-order valence-corrected chi connectivity index (χ4v) is 2.42. The summed E-state index contributed by atoms with van der Waals surface area (Å²) in [4.78, 5) is 1.90. The Labute approximate surface area is 111 Å². The molecule has 1 saturated heterocycles. The van der Waals surface area contributed by atoms with Gasteiger partial charge in [0.05, 0.1) is 6.42 Å². The van der Waals surface area contributed by atoms with Crippen LogP contribution in [0.5, 0.6) is 0 Å². The summed E-state index contributed by atoms with van der Waals surface area (Å²) >= 11 is 0. The number of nitrogens with one attached hydrogen (secondary N) is 1. The third-order valence-electron chi connectivity index (χ3n) is 3.38. The van der Waals surface area contributed by atoms with Crippen molar-refractivity contribution in [3.63, 3.8) is 0 Å². The van der Waals surface area contributed by atoms with E-state index in [2.05, 4.69) is 17.4 Å². The van der Waals surface area contributed by atoms with Gasteiger partial charge in [0.1, 0.15) is 0 Å². The molecule has 0 radical (unpaired) electrons. The normalized spacial score (nSPS) is 21.5. The van der Waals surface area contributed by atoms with Crippen LogP contribution in [0.4, 0.5) is 13.2 Å². The lowest BCUT2D eigenvalue weighted by Gasteiger charge is -2.34. The standard InChI is InChI=1S/C14H19F3N2/c15-14(16,17)6-8-19-9-7-18-13(11-19)10-12-4-2-1-3-5-12/h1-5,13,18H,6-11H2. The van der Waals surface area contributed by atoms with E-state index in [1.165, 1.54) is 5.56 Å². The largest absolute Gasteiger partial charge is 0.390 e. The third kappa shape index (κ3) is 5.20. The Kier molecular flexibility index (Phi) is 4.82. The molecule has 1 aliphatic heterocycles. The van der Waals surface area contributed by atoms with Gasteiger partial charge in [0.25, 0.3) is 0 Å². The van der Waals surface area contributed by atoms with E-state index in [1.807, 2.05) is 23.1 Å². The molecule has 0 aromatic heterocycles. The van der Waals surface area contributed by atoms with Crippen molar-refractivity contribution in [3.05, 3.63) is 35.9 Å². The van der Waals surface area contributed by atoms with Crippen LogP contribution in [-0.4, -0.2) is 43.3 Å². The number of alkyl halides is 3. The molecule has 1 unspecified atom stereocenters. The summed E-state index contributed by atoms with van der Waals surface area (Å²) in [6.07, 6.45) is -3.91. The molecule has 0 bridgehead atoms. The first-order valence-corrected chi connectivity index (χ1v) is 6.59. The first kappa shape index (κ1) is 14.3. The lowest BCUT2D eigenvalue weighted by Crippen LogP contribution is -2.52. The molecule has 19 heavy (non-hydrogen) atoms. The SMILES string of the molecule is FC(F)(F)CCN1CCNC(Cc2ccccc2)C1. The highest BCUT2D eigenvalue weighted by Crippen LogP contribution is 2.20. The van der Waals surface area contributed by atoms with E-state index in [4.69, 9.17) is 0 Å². The van der Waals surface area contributed by atoms with Gasteiger partial charge in [-0.1, -0.05) is 30.3 Å². The van der Waals surface area contributed by atoms with Crippen LogP contribution in [0.1, 0.15) is 12.0 Å². The van der Waals surface area contributed by atoms with Gasteiger partial charge < -0.3 is 10.2 Å². The van der Waals surface area contributed by atoms with Crippen LogP contribution in [0.2, 0.25) is 0 Å². The number of hydrogen-bond acceptors (Lipinski definition) is 2. The highest BCUT2D eigenvalue weighted by molar-refractivity contribution is 5.16. The highest BCUT2D eigenvalue weighted by Gasteiger charge is 2.29. The van der Waals surface area contributed by atoms with Crippen LogP contribution in [0.15, 0.2) is 30.3 Å². The predicted molar refractivity (Wildman–Crippen MR) is 69.0 cm³/mol. The molecule has 0 saturated carbocycles. The average Bonchev–Trinajstić information content (AvgIpc) is 2.37. The molecule has 1 aliphatic rings. The zero-order chi connectivity index (χ0) is 13.7. The second-order valence-electron chi connectivity index (χ2n) is 5.01. The topological polar surface area (TPSA) is 15.3 Å². The monoisotopic (exact) mass is 272 g/mol. The maximum atomic E-state index is 12.2.